The lowest BCUT2D eigenvalue weighted by Crippen LogP contribution is -2.06. The van der Waals surface area contributed by atoms with Crippen molar-refractivity contribution in [2.45, 2.75) is 6.61 Å². The minimum absolute atomic E-state index is 0.0587. The number of hydrogen-bond acceptors (Lipinski definition) is 4. The number of rotatable bonds is 4. The van der Waals surface area contributed by atoms with Gasteiger partial charge in [0.2, 0.25) is 0 Å². The molecule has 114 valence electrons. The Kier molecular flexibility index (Phi) is 5.41. The predicted molar refractivity (Wildman–Crippen MR) is 83.4 cm³/mol. The molecule has 0 aliphatic carbocycles. The van der Waals surface area contributed by atoms with E-state index in [1.165, 1.54) is 19.2 Å². The lowest BCUT2D eigenvalue weighted by atomic mass is 10.1. The van der Waals surface area contributed by atoms with Gasteiger partial charge in [-0.15, -0.1) is 0 Å². The van der Waals surface area contributed by atoms with Gasteiger partial charge in [-0.3, -0.25) is 0 Å². The third-order valence-corrected chi connectivity index (χ3v) is 3.46. The summed E-state index contributed by atoms with van der Waals surface area (Å²) in [5.74, 6) is -0.987. The van der Waals surface area contributed by atoms with Gasteiger partial charge in [-0.05, 0) is 35.9 Å². The fraction of sp³-hybridized carbons (Fsp3) is 0.125. The van der Waals surface area contributed by atoms with Crippen LogP contribution in [0.25, 0.3) is 0 Å². The Labute approximate surface area is 137 Å². The summed E-state index contributed by atoms with van der Waals surface area (Å²) in [7, 11) is 1.31. The fourth-order valence-electron chi connectivity index (χ4n) is 1.74. The van der Waals surface area contributed by atoms with Gasteiger partial charge in [-0.2, -0.15) is 0 Å². The average molecular weight is 339 g/mol. The van der Waals surface area contributed by atoms with Crippen LogP contribution in [0, 0.1) is 0 Å². The van der Waals surface area contributed by atoms with Crippen molar-refractivity contribution in [2.24, 2.45) is 0 Å². The molecule has 2 rings (SSSR count). The Bertz CT molecular complexity index is 696. The molecule has 0 heterocycles. The highest BCUT2D eigenvalue weighted by Crippen LogP contribution is 2.21. The summed E-state index contributed by atoms with van der Waals surface area (Å²) in [6.07, 6.45) is 0. The van der Waals surface area contributed by atoms with Gasteiger partial charge in [-0.25, -0.2) is 9.59 Å². The van der Waals surface area contributed by atoms with E-state index in [0.717, 1.165) is 5.56 Å². The second kappa shape index (κ2) is 7.29. The lowest BCUT2D eigenvalue weighted by Gasteiger charge is -2.07. The van der Waals surface area contributed by atoms with Gasteiger partial charge in [-0.1, -0.05) is 35.3 Å². The Morgan fingerprint density at radius 1 is 1.00 bits per heavy atom. The third-order valence-electron chi connectivity index (χ3n) is 2.89. The van der Waals surface area contributed by atoms with Crippen LogP contribution in [0.5, 0.6) is 0 Å². The zero-order chi connectivity index (χ0) is 16.1. The highest BCUT2D eigenvalue weighted by Gasteiger charge is 2.13. The SMILES string of the molecule is COC(=O)c1ccc(COC(=O)c2cc(Cl)ccc2Cl)cc1. The van der Waals surface area contributed by atoms with Crippen molar-refractivity contribution in [3.05, 3.63) is 69.2 Å². The van der Waals surface area contributed by atoms with E-state index in [0.29, 0.717) is 10.6 Å². The molecule has 2 aromatic rings. The van der Waals surface area contributed by atoms with E-state index in [1.807, 2.05) is 0 Å². The van der Waals surface area contributed by atoms with E-state index in [-0.39, 0.29) is 17.2 Å². The van der Waals surface area contributed by atoms with Crippen molar-refractivity contribution < 1.29 is 19.1 Å². The monoisotopic (exact) mass is 338 g/mol. The second-order valence-corrected chi connectivity index (χ2v) is 5.23. The van der Waals surface area contributed by atoms with Gasteiger partial charge < -0.3 is 9.47 Å². The third kappa shape index (κ3) is 4.00. The minimum Gasteiger partial charge on any atom is -0.465 e. The highest BCUT2D eigenvalue weighted by atomic mass is 35.5. The molecule has 0 aliphatic heterocycles. The van der Waals surface area contributed by atoms with Gasteiger partial charge in [0.25, 0.3) is 0 Å². The maximum absolute atomic E-state index is 12.0. The molecule has 0 atom stereocenters. The molecule has 0 fully saturated rings. The first-order chi connectivity index (χ1) is 10.5. The summed E-state index contributed by atoms with van der Waals surface area (Å²) >= 11 is 11.8. The van der Waals surface area contributed by atoms with E-state index < -0.39 is 11.9 Å². The van der Waals surface area contributed by atoms with Crippen LogP contribution < -0.4 is 0 Å². The molecule has 0 N–H and O–H groups in total. The smallest absolute Gasteiger partial charge is 0.340 e. The number of halogens is 2. The van der Waals surface area contributed by atoms with Crippen LogP contribution in [0.4, 0.5) is 0 Å². The normalized spacial score (nSPS) is 10.1. The maximum atomic E-state index is 12.0. The molecule has 0 bridgehead atoms. The molecular formula is C16H12Cl2O4. The zero-order valence-electron chi connectivity index (χ0n) is 11.6. The standard InChI is InChI=1S/C16H12Cl2O4/c1-21-15(19)11-4-2-10(3-5-11)9-22-16(20)13-8-12(17)6-7-14(13)18/h2-8H,9H2,1H3. The van der Waals surface area contributed by atoms with Crippen molar-refractivity contribution in [3.63, 3.8) is 0 Å². The maximum Gasteiger partial charge on any atom is 0.340 e. The molecule has 0 aliphatic rings. The van der Waals surface area contributed by atoms with Gasteiger partial charge in [0.05, 0.1) is 23.3 Å². The highest BCUT2D eigenvalue weighted by molar-refractivity contribution is 6.35. The molecule has 0 amide bonds. The molecule has 4 nitrogen and oxygen atoms in total. The molecule has 0 spiro atoms. The number of benzene rings is 2. The van der Waals surface area contributed by atoms with Gasteiger partial charge >= 0.3 is 11.9 Å². The number of hydrogen-bond donors (Lipinski definition) is 0. The van der Waals surface area contributed by atoms with Crippen LogP contribution in [0.1, 0.15) is 26.3 Å². The summed E-state index contributed by atoms with van der Waals surface area (Å²) in [5, 5.41) is 0.675. The molecule has 0 aromatic heterocycles. The number of esters is 2. The first-order valence-corrected chi connectivity index (χ1v) is 7.06. The topological polar surface area (TPSA) is 52.6 Å². The Balaban J connectivity index is 2.02. The van der Waals surface area contributed by atoms with E-state index in [9.17, 15) is 9.59 Å². The van der Waals surface area contributed by atoms with Crippen molar-refractivity contribution in [1.29, 1.82) is 0 Å². The molecule has 0 saturated heterocycles. The summed E-state index contributed by atoms with van der Waals surface area (Å²) in [4.78, 5) is 23.3. The van der Waals surface area contributed by atoms with Crippen LogP contribution in [0.15, 0.2) is 42.5 Å². The first-order valence-electron chi connectivity index (χ1n) is 6.30. The Hall–Kier alpha value is -2.04. The zero-order valence-corrected chi connectivity index (χ0v) is 13.1. The largest absolute Gasteiger partial charge is 0.465 e. The molecule has 0 unspecified atom stereocenters. The number of carbonyl (C=O) groups is 2. The predicted octanol–water partition coefficient (Wildman–Crippen LogP) is 4.14. The number of carbonyl (C=O) groups excluding carboxylic acids is 2. The molecule has 6 heteroatoms. The van der Waals surface area contributed by atoms with Gasteiger partial charge in [0.15, 0.2) is 0 Å². The number of ether oxygens (including phenoxy) is 2. The van der Waals surface area contributed by atoms with Gasteiger partial charge in [0.1, 0.15) is 6.61 Å². The lowest BCUT2D eigenvalue weighted by molar-refractivity contribution is 0.0471. The Morgan fingerprint density at radius 2 is 1.68 bits per heavy atom. The van der Waals surface area contributed by atoms with Crippen molar-refractivity contribution in [3.8, 4) is 0 Å². The fourth-order valence-corrected chi connectivity index (χ4v) is 2.10. The van der Waals surface area contributed by atoms with Crippen LogP contribution in [-0.2, 0) is 16.1 Å². The summed E-state index contributed by atoms with van der Waals surface area (Å²) in [6.45, 7) is 0.0587. The summed E-state index contributed by atoms with van der Waals surface area (Å²) < 4.78 is 9.78. The number of methoxy groups -OCH3 is 1. The molecule has 2 aromatic carbocycles. The van der Waals surface area contributed by atoms with Crippen molar-refractivity contribution in [2.75, 3.05) is 7.11 Å². The van der Waals surface area contributed by atoms with Crippen molar-refractivity contribution in [1.82, 2.24) is 0 Å². The van der Waals surface area contributed by atoms with E-state index in [2.05, 4.69) is 4.74 Å². The summed E-state index contributed by atoms with van der Waals surface area (Å²) in [6, 6.07) is 11.1. The molecule has 22 heavy (non-hydrogen) atoms. The summed E-state index contributed by atoms with van der Waals surface area (Å²) in [5.41, 5.74) is 1.37. The van der Waals surface area contributed by atoms with E-state index >= 15 is 0 Å². The van der Waals surface area contributed by atoms with Crippen LogP contribution in [0.2, 0.25) is 10.0 Å². The first kappa shape index (κ1) is 16.3. The van der Waals surface area contributed by atoms with Crippen molar-refractivity contribution >= 4 is 35.1 Å². The van der Waals surface area contributed by atoms with Crippen LogP contribution in [-0.4, -0.2) is 19.0 Å². The van der Waals surface area contributed by atoms with E-state index in [4.69, 9.17) is 27.9 Å². The Morgan fingerprint density at radius 3 is 2.32 bits per heavy atom. The molecular weight excluding hydrogens is 327 g/mol. The van der Waals surface area contributed by atoms with Crippen LogP contribution in [0.3, 0.4) is 0 Å². The molecule has 0 radical (unpaired) electrons. The second-order valence-electron chi connectivity index (χ2n) is 4.39. The van der Waals surface area contributed by atoms with Gasteiger partial charge in [0, 0.05) is 5.02 Å². The van der Waals surface area contributed by atoms with E-state index in [1.54, 1.807) is 30.3 Å². The quantitative estimate of drug-likeness (QED) is 0.786. The van der Waals surface area contributed by atoms with Crippen LogP contribution >= 0.6 is 23.2 Å². The average Bonchev–Trinajstić information content (AvgIpc) is 2.54. The molecule has 0 saturated carbocycles. The minimum atomic E-state index is -0.565.